The largest absolute Gasteiger partial charge is 0.0793 e. The fraction of sp³-hybridized carbons (Fsp3) is 0.556. The first-order valence-corrected chi connectivity index (χ1v) is 4.46. The van der Waals surface area contributed by atoms with Crippen LogP contribution in [0.25, 0.3) is 0 Å². The molecule has 1 aliphatic carbocycles. The van der Waals surface area contributed by atoms with Crippen molar-refractivity contribution in [2.75, 3.05) is 0 Å². The summed E-state index contributed by atoms with van der Waals surface area (Å²) in [5.74, 6) is 0. The van der Waals surface area contributed by atoms with Gasteiger partial charge in [0.15, 0.2) is 0 Å². The maximum absolute atomic E-state index is 3.63. The number of allylic oxidation sites excluding steroid dienone is 4. The number of halogens is 1. The van der Waals surface area contributed by atoms with Gasteiger partial charge in [-0.25, -0.2) is 0 Å². The molecule has 1 heteroatoms. The van der Waals surface area contributed by atoms with Crippen molar-refractivity contribution in [1.29, 1.82) is 0 Å². The summed E-state index contributed by atoms with van der Waals surface area (Å²) in [4.78, 5) is 0.507. The first-order valence-electron chi connectivity index (χ1n) is 3.55. The summed E-state index contributed by atoms with van der Waals surface area (Å²) in [7, 11) is 0. The lowest BCUT2D eigenvalue weighted by atomic mass is 10.1. The van der Waals surface area contributed by atoms with Crippen LogP contribution in [0, 0.1) is 0 Å². The zero-order valence-electron chi connectivity index (χ0n) is 6.96. The van der Waals surface area contributed by atoms with Gasteiger partial charge in [-0.3, -0.25) is 0 Å². The maximum atomic E-state index is 3.63. The van der Waals surface area contributed by atoms with Crippen molar-refractivity contribution < 1.29 is 0 Å². The molecule has 0 aliphatic heterocycles. The van der Waals surface area contributed by atoms with E-state index in [9.17, 15) is 0 Å². The van der Waals surface area contributed by atoms with Crippen molar-refractivity contribution >= 4 is 15.9 Å². The molecule has 0 aromatic rings. The minimum absolute atomic E-state index is 0.507. The summed E-state index contributed by atoms with van der Waals surface area (Å²) in [5, 5.41) is 0. The van der Waals surface area contributed by atoms with Gasteiger partial charge < -0.3 is 0 Å². The lowest BCUT2D eigenvalue weighted by Gasteiger charge is -2.03. The van der Waals surface area contributed by atoms with E-state index in [1.807, 2.05) is 0 Å². The molecule has 0 saturated carbocycles. The molecule has 0 spiro atoms. The van der Waals surface area contributed by atoms with Gasteiger partial charge in [-0.15, -0.1) is 0 Å². The molecule has 10 heavy (non-hydrogen) atoms. The minimum atomic E-state index is 0.507. The Labute approximate surface area is 71.1 Å². The highest BCUT2D eigenvalue weighted by molar-refractivity contribution is 9.09. The first kappa shape index (κ1) is 8.06. The average molecular weight is 201 g/mol. The van der Waals surface area contributed by atoms with Gasteiger partial charge in [-0.05, 0) is 38.8 Å². The van der Waals surface area contributed by atoms with Gasteiger partial charge in [-0.1, -0.05) is 27.1 Å². The zero-order chi connectivity index (χ0) is 7.89. The molecular formula is C9H13Br. The topological polar surface area (TPSA) is 0 Å². The van der Waals surface area contributed by atoms with Crippen LogP contribution in [-0.2, 0) is 0 Å². The Balaban J connectivity index is 3.09. The van der Waals surface area contributed by atoms with Gasteiger partial charge in [0.25, 0.3) is 0 Å². The van der Waals surface area contributed by atoms with Crippen molar-refractivity contribution in [1.82, 2.24) is 0 Å². The van der Waals surface area contributed by atoms with Crippen LogP contribution in [0.5, 0.6) is 0 Å². The predicted octanol–water partition coefficient (Wildman–Crippen LogP) is 3.44. The molecule has 1 aliphatic rings. The SMILES string of the molecule is CC1=C(C)C(Br)C(C)=C1C. The van der Waals surface area contributed by atoms with Crippen molar-refractivity contribution in [2.24, 2.45) is 0 Å². The van der Waals surface area contributed by atoms with Crippen LogP contribution in [0.1, 0.15) is 27.7 Å². The standard InChI is InChI=1S/C9H13Br/c1-5-6(2)8(4)9(10)7(5)3/h9H,1-4H3. The molecule has 1 rings (SSSR count). The molecule has 0 saturated heterocycles. The van der Waals surface area contributed by atoms with E-state index in [0.717, 1.165) is 0 Å². The van der Waals surface area contributed by atoms with Gasteiger partial charge >= 0.3 is 0 Å². The normalized spacial score (nSPS) is 21.3. The van der Waals surface area contributed by atoms with Crippen LogP contribution in [0.3, 0.4) is 0 Å². The van der Waals surface area contributed by atoms with E-state index >= 15 is 0 Å². The highest BCUT2D eigenvalue weighted by Gasteiger charge is 2.20. The Morgan fingerprint density at radius 3 is 1.30 bits per heavy atom. The molecular weight excluding hydrogens is 188 g/mol. The van der Waals surface area contributed by atoms with Gasteiger partial charge in [-0.2, -0.15) is 0 Å². The third kappa shape index (κ3) is 0.968. The monoisotopic (exact) mass is 200 g/mol. The molecule has 0 aromatic carbocycles. The first-order chi connectivity index (χ1) is 4.55. The van der Waals surface area contributed by atoms with Gasteiger partial charge in [0.2, 0.25) is 0 Å². The molecule has 0 radical (unpaired) electrons. The fourth-order valence-electron chi connectivity index (χ4n) is 1.30. The Kier molecular flexibility index (Phi) is 2.04. The Morgan fingerprint density at radius 2 is 1.20 bits per heavy atom. The van der Waals surface area contributed by atoms with Crippen LogP contribution in [0.2, 0.25) is 0 Å². The van der Waals surface area contributed by atoms with E-state index in [1.165, 1.54) is 22.3 Å². The van der Waals surface area contributed by atoms with Crippen LogP contribution in [0.4, 0.5) is 0 Å². The summed E-state index contributed by atoms with van der Waals surface area (Å²) < 4.78 is 0. The zero-order valence-corrected chi connectivity index (χ0v) is 8.54. The molecule has 56 valence electrons. The summed E-state index contributed by atoms with van der Waals surface area (Å²) in [6.07, 6.45) is 0. The van der Waals surface area contributed by atoms with E-state index < -0.39 is 0 Å². The average Bonchev–Trinajstić information content (AvgIpc) is 2.07. The van der Waals surface area contributed by atoms with E-state index in [4.69, 9.17) is 0 Å². The van der Waals surface area contributed by atoms with Gasteiger partial charge in [0.1, 0.15) is 0 Å². The van der Waals surface area contributed by atoms with E-state index in [2.05, 4.69) is 43.6 Å². The molecule has 0 heterocycles. The third-order valence-electron chi connectivity index (χ3n) is 2.51. The summed E-state index contributed by atoms with van der Waals surface area (Å²) in [6.45, 7) is 8.76. The van der Waals surface area contributed by atoms with Gasteiger partial charge in [0, 0.05) is 0 Å². The molecule has 0 unspecified atom stereocenters. The van der Waals surface area contributed by atoms with Crippen LogP contribution < -0.4 is 0 Å². The summed E-state index contributed by atoms with van der Waals surface area (Å²) in [6, 6.07) is 0. The minimum Gasteiger partial charge on any atom is -0.0793 e. The second kappa shape index (κ2) is 2.54. The lowest BCUT2D eigenvalue weighted by molar-refractivity contribution is 1.17. The Morgan fingerprint density at radius 1 is 0.900 bits per heavy atom. The lowest BCUT2D eigenvalue weighted by Crippen LogP contribution is -1.95. The number of alkyl halides is 1. The van der Waals surface area contributed by atoms with Crippen molar-refractivity contribution in [3.63, 3.8) is 0 Å². The van der Waals surface area contributed by atoms with Crippen molar-refractivity contribution in [2.45, 2.75) is 32.5 Å². The smallest absolute Gasteiger partial charge is 0.0570 e. The summed E-state index contributed by atoms with van der Waals surface area (Å²) in [5.41, 5.74) is 5.85. The summed E-state index contributed by atoms with van der Waals surface area (Å²) >= 11 is 3.63. The molecule has 0 aromatic heterocycles. The number of hydrogen-bond donors (Lipinski definition) is 0. The predicted molar refractivity (Wildman–Crippen MR) is 49.5 cm³/mol. The maximum Gasteiger partial charge on any atom is 0.0570 e. The van der Waals surface area contributed by atoms with Crippen LogP contribution in [-0.4, -0.2) is 4.83 Å². The van der Waals surface area contributed by atoms with E-state index in [-0.39, 0.29) is 0 Å². The number of rotatable bonds is 0. The molecule has 0 bridgehead atoms. The van der Waals surface area contributed by atoms with Crippen molar-refractivity contribution in [3.05, 3.63) is 22.3 Å². The van der Waals surface area contributed by atoms with Crippen molar-refractivity contribution in [3.8, 4) is 0 Å². The molecule has 0 atom stereocenters. The third-order valence-corrected chi connectivity index (χ3v) is 3.88. The molecule has 0 N–H and O–H groups in total. The van der Waals surface area contributed by atoms with E-state index in [0.29, 0.717) is 4.83 Å². The number of hydrogen-bond acceptors (Lipinski definition) is 0. The fourth-order valence-corrected chi connectivity index (χ4v) is 1.98. The highest BCUT2D eigenvalue weighted by Crippen LogP contribution is 2.35. The van der Waals surface area contributed by atoms with Crippen LogP contribution in [0.15, 0.2) is 22.3 Å². The van der Waals surface area contributed by atoms with E-state index in [1.54, 1.807) is 0 Å². The molecule has 0 nitrogen and oxygen atoms in total. The quantitative estimate of drug-likeness (QED) is 0.526. The Hall–Kier alpha value is -0.0400. The molecule has 0 fully saturated rings. The highest BCUT2D eigenvalue weighted by atomic mass is 79.9. The molecule has 0 amide bonds. The second-order valence-electron chi connectivity index (χ2n) is 2.98. The Bertz CT molecular complexity index is 197. The second-order valence-corrected chi connectivity index (χ2v) is 3.89. The van der Waals surface area contributed by atoms with Gasteiger partial charge in [0.05, 0.1) is 4.83 Å². The van der Waals surface area contributed by atoms with Crippen LogP contribution >= 0.6 is 15.9 Å².